The third-order valence-electron chi connectivity index (χ3n) is 6.41. The first kappa shape index (κ1) is 20.9. The lowest BCUT2D eigenvalue weighted by atomic mass is 9.82. The van der Waals surface area contributed by atoms with E-state index in [-0.39, 0.29) is 11.5 Å². The molecule has 0 bridgehead atoms. The first-order valence-electron chi connectivity index (χ1n) is 10.6. The van der Waals surface area contributed by atoms with Crippen LogP contribution in [0.1, 0.15) is 51.4 Å². The molecule has 0 radical (unpaired) electrons. The summed E-state index contributed by atoms with van der Waals surface area (Å²) in [6.07, 6.45) is 12.5. The van der Waals surface area contributed by atoms with Crippen LogP contribution in [0.5, 0.6) is 11.5 Å². The number of hydrogen-bond donors (Lipinski definition) is 0. The van der Waals surface area contributed by atoms with Crippen LogP contribution >= 0.6 is 0 Å². The van der Waals surface area contributed by atoms with Gasteiger partial charge in [-0.1, -0.05) is 12.2 Å². The van der Waals surface area contributed by atoms with Crippen LogP contribution in [0.3, 0.4) is 0 Å². The first-order valence-corrected chi connectivity index (χ1v) is 10.6. The van der Waals surface area contributed by atoms with Crippen molar-refractivity contribution in [2.24, 2.45) is 23.7 Å². The van der Waals surface area contributed by atoms with Crippen molar-refractivity contribution in [1.29, 1.82) is 0 Å². The smallest absolute Gasteiger partial charge is 0.204 e. The van der Waals surface area contributed by atoms with Crippen molar-refractivity contribution in [2.75, 3.05) is 13.2 Å². The molecule has 28 heavy (non-hydrogen) atoms. The van der Waals surface area contributed by atoms with Crippen molar-refractivity contribution < 1.29 is 18.3 Å². The fourth-order valence-electron chi connectivity index (χ4n) is 4.33. The summed E-state index contributed by atoms with van der Waals surface area (Å²) < 4.78 is 40.0. The summed E-state index contributed by atoms with van der Waals surface area (Å²) in [5.74, 6) is -0.0208. The number of halogens is 2. The zero-order valence-corrected chi connectivity index (χ0v) is 16.7. The summed E-state index contributed by atoms with van der Waals surface area (Å²) in [4.78, 5) is 0. The van der Waals surface area contributed by atoms with Crippen molar-refractivity contribution in [3.63, 3.8) is 0 Å². The highest BCUT2D eigenvalue weighted by molar-refractivity contribution is 5.35. The Labute approximate surface area is 167 Å². The molecule has 1 aromatic carbocycles. The van der Waals surface area contributed by atoms with Crippen molar-refractivity contribution in [3.8, 4) is 11.5 Å². The molecule has 154 valence electrons. The van der Waals surface area contributed by atoms with Crippen molar-refractivity contribution in [3.05, 3.63) is 49.1 Å². The van der Waals surface area contributed by atoms with Crippen LogP contribution in [0.4, 0.5) is 8.78 Å². The molecule has 4 heteroatoms. The minimum Gasteiger partial charge on any atom is -0.490 e. The maximum Gasteiger partial charge on any atom is 0.204 e. The highest BCUT2D eigenvalue weighted by atomic mass is 19.2. The third kappa shape index (κ3) is 5.36. The summed E-state index contributed by atoms with van der Waals surface area (Å²) in [6.45, 7) is 8.54. The monoisotopic (exact) mass is 390 g/mol. The number of allylic oxidation sites excluding steroid dienone is 2. The van der Waals surface area contributed by atoms with Gasteiger partial charge in [0.25, 0.3) is 0 Å². The molecule has 0 heterocycles. The lowest BCUT2D eigenvalue weighted by Crippen LogP contribution is -2.20. The second-order valence-corrected chi connectivity index (χ2v) is 8.34. The van der Waals surface area contributed by atoms with E-state index in [1.807, 2.05) is 12.2 Å². The quantitative estimate of drug-likeness (QED) is 0.459. The lowest BCUT2D eigenvalue weighted by molar-refractivity contribution is 0.180. The summed E-state index contributed by atoms with van der Waals surface area (Å²) >= 11 is 0. The van der Waals surface area contributed by atoms with E-state index in [1.165, 1.54) is 12.1 Å². The molecule has 0 amide bonds. The highest BCUT2D eigenvalue weighted by Gasteiger charge is 2.23. The fraction of sp³-hybridized carbons (Fsp3) is 0.583. The predicted molar refractivity (Wildman–Crippen MR) is 109 cm³/mol. The SMILES string of the molecule is C=CC1CCC(COc2ccc(OCC3CCC(C=C)CC3)c(F)c2F)CC1. The van der Waals surface area contributed by atoms with E-state index >= 15 is 0 Å². The molecule has 0 N–H and O–H groups in total. The Balaban J connectivity index is 1.48. The van der Waals surface area contributed by atoms with E-state index in [0.29, 0.717) is 36.9 Å². The van der Waals surface area contributed by atoms with Gasteiger partial charge in [0.2, 0.25) is 11.6 Å². The highest BCUT2D eigenvalue weighted by Crippen LogP contribution is 2.33. The third-order valence-corrected chi connectivity index (χ3v) is 6.41. The van der Waals surface area contributed by atoms with E-state index in [2.05, 4.69) is 13.2 Å². The van der Waals surface area contributed by atoms with Crippen LogP contribution in [0, 0.1) is 35.3 Å². The van der Waals surface area contributed by atoms with E-state index in [0.717, 1.165) is 51.4 Å². The van der Waals surface area contributed by atoms with E-state index < -0.39 is 11.6 Å². The number of benzene rings is 1. The van der Waals surface area contributed by atoms with Gasteiger partial charge in [-0.2, -0.15) is 8.78 Å². The molecule has 2 aliphatic rings. The number of rotatable bonds is 8. The molecule has 0 aromatic heterocycles. The zero-order valence-electron chi connectivity index (χ0n) is 16.7. The van der Waals surface area contributed by atoms with Crippen LogP contribution in [-0.2, 0) is 0 Å². The Kier molecular flexibility index (Phi) is 7.52. The van der Waals surface area contributed by atoms with Crippen LogP contribution in [0.15, 0.2) is 37.4 Å². The van der Waals surface area contributed by atoms with Gasteiger partial charge in [0.05, 0.1) is 13.2 Å². The van der Waals surface area contributed by atoms with Gasteiger partial charge in [0, 0.05) is 0 Å². The summed E-state index contributed by atoms with van der Waals surface area (Å²) in [5, 5.41) is 0. The molecule has 1 aromatic rings. The maximum absolute atomic E-state index is 14.4. The van der Waals surface area contributed by atoms with Crippen molar-refractivity contribution in [2.45, 2.75) is 51.4 Å². The van der Waals surface area contributed by atoms with Gasteiger partial charge in [-0.25, -0.2) is 0 Å². The standard InChI is InChI=1S/C24H32F2O2/c1-3-17-5-9-19(10-6-17)15-27-21-13-14-22(24(26)23(21)25)28-16-20-11-7-18(4-2)8-12-20/h3-4,13-14,17-20H,1-2,5-12,15-16H2. The second kappa shape index (κ2) is 10.1. The Morgan fingerprint density at radius 3 is 1.39 bits per heavy atom. The van der Waals surface area contributed by atoms with Crippen LogP contribution < -0.4 is 9.47 Å². The van der Waals surface area contributed by atoms with Gasteiger partial charge in [0.1, 0.15) is 0 Å². The van der Waals surface area contributed by atoms with Crippen LogP contribution in [0.2, 0.25) is 0 Å². The molecule has 2 nitrogen and oxygen atoms in total. The summed E-state index contributed by atoms with van der Waals surface area (Å²) in [7, 11) is 0. The van der Waals surface area contributed by atoms with Gasteiger partial charge in [-0.3, -0.25) is 0 Å². The molecule has 0 spiro atoms. The van der Waals surface area contributed by atoms with Crippen LogP contribution in [-0.4, -0.2) is 13.2 Å². The van der Waals surface area contributed by atoms with Crippen molar-refractivity contribution >= 4 is 0 Å². The second-order valence-electron chi connectivity index (χ2n) is 8.34. The lowest BCUT2D eigenvalue weighted by Gasteiger charge is -2.27. The van der Waals surface area contributed by atoms with E-state index in [1.54, 1.807) is 0 Å². The zero-order chi connectivity index (χ0) is 19.9. The minimum absolute atomic E-state index is 0.0258. The fourth-order valence-corrected chi connectivity index (χ4v) is 4.33. The normalized spacial score (nSPS) is 27.8. The summed E-state index contributed by atoms with van der Waals surface area (Å²) in [5.41, 5.74) is 0. The predicted octanol–water partition coefficient (Wildman–Crippen LogP) is 6.71. The molecule has 0 atom stereocenters. The minimum atomic E-state index is -0.951. The Hall–Kier alpha value is -1.84. The van der Waals surface area contributed by atoms with Gasteiger partial charge in [-0.15, -0.1) is 13.2 Å². The molecule has 2 fully saturated rings. The maximum atomic E-state index is 14.4. The van der Waals surface area contributed by atoms with Gasteiger partial charge < -0.3 is 9.47 Å². The Bertz CT molecular complexity index is 600. The van der Waals surface area contributed by atoms with E-state index in [4.69, 9.17) is 9.47 Å². The van der Waals surface area contributed by atoms with Gasteiger partial charge in [-0.05, 0) is 87.2 Å². The summed E-state index contributed by atoms with van der Waals surface area (Å²) in [6, 6.07) is 2.97. The molecule has 0 aliphatic heterocycles. The molecule has 0 saturated heterocycles. The largest absolute Gasteiger partial charge is 0.490 e. The number of ether oxygens (including phenoxy) is 2. The molecular formula is C24H32F2O2. The molecule has 3 rings (SSSR count). The average Bonchev–Trinajstić information content (AvgIpc) is 2.75. The van der Waals surface area contributed by atoms with Gasteiger partial charge in [0.15, 0.2) is 11.5 Å². The first-order chi connectivity index (χ1) is 13.6. The Morgan fingerprint density at radius 2 is 1.07 bits per heavy atom. The van der Waals surface area contributed by atoms with Gasteiger partial charge >= 0.3 is 0 Å². The molecular weight excluding hydrogens is 358 g/mol. The number of hydrogen-bond acceptors (Lipinski definition) is 2. The van der Waals surface area contributed by atoms with Crippen molar-refractivity contribution in [1.82, 2.24) is 0 Å². The van der Waals surface area contributed by atoms with E-state index in [9.17, 15) is 8.78 Å². The molecule has 0 unspecified atom stereocenters. The Morgan fingerprint density at radius 1 is 0.714 bits per heavy atom. The topological polar surface area (TPSA) is 18.5 Å². The van der Waals surface area contributed by atoms with Crippen LogP contribution in [0.25, 0.3) is 0 Å². The molecule has 2 saturated carbocycles. The average molecular weight is 391 g/mol. The molecule has 2 aliphatic carbocycles.